The highest BCUT2D eigenvalue weighted by Crippen LogP contribution is 2.31. The van der Waals surface area contributed by atoms with Crippen LogP contribution in [0, 0.1) is 12.8 Å². The van der Waals surface area contributed by atoms with Crippen LogP contribution in [0.25, 0.3) is 0 Å². The first kappa shape index (κ1) is 13.9. The summed E-state index contributed by atoms with van der Waals surface area (Å²) in [6.07, 6.45) is 3.63. The SMILES string of the molecule is Cc1c(Cl)cccc1C(=O)NCC1CCCC1Br. The molecule has 1 aromatic rings. The Labute approximate surface area is 121 Å². The van der Waals surface area contributed by atoms with E-state index in [2.05, 4.69) is 21.2 Å². The fourth-order valence-electron chi connectivity index (χ4n) is 2.39. The fraction of sp³-hybridized carbons (Fsp3) is 0.500. The van der Waals surface area contributed by atoms with Crippen molar-refractivity contribution in [2.75, 3.05) is 6.54 Å². The Hall–Kier alpha value is -0.540. The number of hydrogen-bond donors (Lipinski definition) is 1. The van der Waals surface area contributed by atoms with Crippen LogP contribution < -0.4 is 5.32 Å². The van der Waals surface area contributed by atoms with Gasteiger partial charge in [-0.15, -0.1) is 0 Å². The molecule has 4 heteroatoms. The third-order valence-corrected chi connectivity index (χ3v) is 5.22. The van der Waals surface area contributed by atoms with Crippen molar-refractivity contribution in [2.45, 2.75) is 31.0 Å². The number of carbonyl (C=O) groups is 1. The molecular formula is C14H17BrClNO. The summed E-state index contributed by atoms with van der Waals surface area (Å²) in [6, 6.07) is 5.43. The second-order valence-electron chi connectivity index (χ2n) is 4.83. The number of nitrogens with one attached hydrogen (secondary N) is 1. The molecule has 0 aliphatic heterocycles. The first-order valence-corrected chi connectivity index (χ1v) is 7.56. The predicted octanol–water partition coefficient (Wildman–Crippen LogP) is 3.94. The standard InChI is InChI=1S/C14H17BrClNO/c1-9-11(5-3-7-13(9)16)14(18)17-8-10-4-2-6-12(10)15/h3,5,7,10,12H,2,4,6,8H2,1H3,(H,17,18). The quantitative estimate of drug-likeness (QED) is 0.836. The molecule has 98 valence electrons. The molecule has 2 unspecified atom stereocenters. The van der Waals surface area contributed by atoms with Gasteiger partial charge in [0.2, 0.25) is 0 Å². The molecule has 1 aliphatic rings. The van der Waals surface area contributed by atoms with E-state index >= 15 is 0 Å². The molecule has 1 fully saturated rings. The van der Waals surface area contributed by atoms with E-state index in [1.54, 1.807) is 6.07 Å². The minimum absolute atomic E-state index is 0.0263. The second kappa shape index (κ2) is 6.07. The molecule has 1 aromatic carbocycles. The smallest absolute Gasteiger partial charge is 0.251 e. The average molecular weight is 331 g/mol. The van der Waals surface area contributed by atoms with Gasteiger partial charge in [0.15, 0.2) is 0 Å². The van der Waals surface area contributed by atoms with Crippen molar-refractivity contribution in [1.29, 1.82) is 0 Å². The van der Waals surface area contributed by atoms with Crippen LogP contribution in [0.2, 0.25) is 5.02 Å². The number of benzene rings is 1. The zero-order valence-corrected chi connectivity index (χ0v) is 12.7. The van der Waals surface area contributed by atoms with Crippen molar-refractivity contribution in [2.24, 2.45) is 5.92 Å². The van der Waals surface area contributed by atoms with Gasteiger partial charge in [-0.2, -0.15) is 0 Å². The van der Waals surface area contributed by atoms with Crippen LogP contribution in [-0.2, 0) is 0 Å². The van der Waals surface area contributed by atoms with Gasteiger partial charge in [-0.1, -0.05) is 40.0 Å². The lowest BCUT2D eigenvalue weighted by Gasteiger charge is -2.15. The van der Waals surface area contributed by atoms with Crippen LogP contribution in [0.5, 0.6) is 0 Å². The van der Waals surface area contributed by atoms with E-state index in [4.69, 9.17) is 11.6 Å². The van der Waals surface area contributed by atoms with Crippen LogP contribution in [-0.4, -0.2) is 17.3 Å². The van der Waals surface area contributed by atoms with Crippen LogP contribution in [0.1, 0.15) is 35.2 Å². The topological polar surface area (TPSA) is 29.1 Å². The van der Waals surface area contributed by atoms with Crippen LogP contribution in [0.15, 0.2) is 18.2 Å². The summed E-state index contributed by atoms with van der Waals surface area (Å²) in [7, 11) is 0. The van der Waals surface area contributed by atoms with E-state index in [9.17, 15) is 4.79 Å². The number of amides is 1. The van der Waals surface area contributed by atoms with Gasteiger partial charge in [0.25, 0.3) is 5.91 Å². The van der Waals surface area contributed by atoms with Crippen molar-refractivity contribution in [3.05, 3.63) is 34.3 Å². The minimum Gasteiger partial charge on any atom is -0.352 e. The highest BCUT2D eigenvalue weighted by atomic mass is 79.9. The van der Waals surface area contributed by atoms with E-state index in [1.807, 2.05) is 19.1 Å². The van der Waals surface area contributed by atoms with Crippen LogP contribution in [0.4, 0.5) is 0 Å². The summed E-state index contributed by atoms with van der Waals surface area (Å²) in [6.45, 7) is 2.61. The molecule has 0 radical (unpaired) electrons. The zero-order chi connectivity index (χ0) is 13.1. The van der Waals surface area contributed by atoms with Gasteiger partial charge >= 0.3 is 0 Å². The number of hydrogen-bond acceptors (Lipinski definition) is 1. The molecule has 0 aromatic heterocycles. The molecule has 0 bridgehead atoms. The Bertz CT molecular complexity index is 449. The van der Waals surface area contributed by atoms with Gasteiger partial charge < -0.3 is 5.32 Å². The Balaban J connectivity index is 1.97. The predicted molar refractivity (Wildman–Crippen MR) is 78.6 cm³/mol. The van der Waals surface area contributed by atoms with E-state index in [1.165, 1.54) is 19.3 Å². The largest absolute Gasteiger partial charge is 0.352 e. The number of rotatable bonds is 3. The highest BCUT2D eigenvalue weighted by molar-refractivity contribution is 9.09. The van der Waals surface area contributed by atoms with Gasteiger partial charge in [-0.05, 0) is 43.4 Å². The van der Waals surface area contributed by atoms with Crippen LogP contribution in [0.3, 0.4) is 0 Å². The zero-order valence-electron chi connectivity index (χ0n) is 10.4. The third kappa shape index (κ3) is 3.07. The van der Waals surface area contributed by atoms with Crippen molar-refractivity contribution in [1.82, 2.24) is 5.32 Å². The third-order valence-electron chi connectivity index (χ3n) is 3.60. The van der Waals surface area contributed by atoms with Crippen molar-refractivity contribution in [3.63, 3.8) is 0 Å². The molecule has 2 nitrogen and oxygen atoms in total. The molecule has 2 atom stereocenters. The Morgan fingerprint density at radius 1 is 1.50 bits per heavy atom. The summed E-state index contributed by atoms with van der Waals surface area (Å²) in [5.41, 5.74) is 1.52. The Kier molecular flexibility index (Phi) is 4.68. The van der Waals surface area contributed by atoms with Crippen molar-refractivity contribution < 1.29 is 4.79 Å². The fourth-order valence-corrected chi connectivity index (χ4v) is 3.34. The van der Waals surface area contributed by atoms with E-state index in [0.29, 0.717) is 21.3 Å². The molecule has 1 saturated carbocycles. The summed E-state index contributed by atoms with van der Waals surface area (Å²) >= 11 is 9.69. The molecular weight excluding hydrogens is 314 g/mol. The first-order chi connectivity index (χ1) is 8.59. The Morgan fingerprint density at radius 3 is 2.94 bits per heavy atom. The molecule has 18 heavy (non-hydrogen) atoms. The summed E-state index contributed by atoms with van der Waals surface area (Å²) in [4.78, 5) is 12.6. The maximum Gasteiger partial charge on any atom is 0.251 e. The molecule has 0 saturated heterocycles. The number of alkyl halides is 1. The van der Waals surface area contributed by atoms with Crippen LogP contribution >= 0.6 is 27.5 Å². The van der Waals surface area contributed by atoms with Crippen molar-refractivity contribution in [3.8, 4) is 0 Å². The molecule has 1 amide bonds. The average Bonchev–Trinajstić information content (AvgIpc) is 2.75. The van der Waals surface area contributed by atoms with Gasteiger partial charge in [0, 0.05) is 22.0 Å². The summed E-state index contributed by atoms with van der Waals surface area (Å²) in [5, 5.41) is 3.65. The first-order valence-electron chi connectivity index (χ1n) is 6.27. The number of carbonyl (C=O) groups excluding carboxylic acids is 1. The molecule has 1 aliphatic carbocycles. The van der Waals surface area contributed by atoms with E-state index in [-0.39, 0.29) is 5.91 Å². The Morgan fingerprint density at radius 2 is 2.28 bits per heavy atom. The lowest BCUT2D eigenvalue weighted by molar-refractivity contribution is 0.0947. The molecule has 1 N–H and O–H groups in total. The summed E-state index contributed by atoms with van der Waals surface area (Å²) < 4.78 is 0. The highest BCUT2D eigenvalue weighted by Gasteiger charge is 2.25. The van der Waals surface area contributed by atoms with E-state index < -0.39 is 0 Å². The minimum atomic E-state index is -0.0263. The molecule has 2 rings (SSSR count). The van der Waals surface area contributed by atoms with Gasteiger partial charge in [0.1, 0.15) is 0 Å². The summed E-state index contributed by atoms with van der Waals surface area (Å²) in [5.74, 6) is 0.523. The lowest BCUT2D eigenvalue weighted by atomic mass is 10.1. The monoisotopic (exact) mass is 329 g/mol. The maximum absolute atomic E-state index is 12.1. The van der Waals surface area contributed by atoms with Crippen molar-refractivity contribution >= 4 is 33.4 Å². The molecule has 0 spiro atoms. The second-order valence-corrected chi connectivity index (χ2v) is 6.41. The lowest BCUT2D eigenvalue weighted by Crippen LogP contribution is -2.31. The number of halogens is 2. The maximum atomic E-state index is 12.1. The van der Waals surface area contributed by atoms with Gasteiger partial charge in [0.05, 0.1) is 0 Å². The molecule has 0 heterocycles. The van der Waals surface area contributed by atoms with Gasteiger partial charge in [-0.25, -0.2) is 0 Å². The normalized spacial score (nSPS) is 23.1. The van der Waals surface area contributed by atoms with Gasteiger partial charge in [-0.3, -0.25) is 4.79 Å². The van der Waals surface area contributed by atoms with E-state index in [0.717, 1.165) is 12.1 Å².